The van der Waals surface area contributed by atoms with Crippen molar-refractivity contribution in [3.63, 3.8) is 0 Å². The van der Waals surface area contributed by atoms with Gasteiger partial charge in [0, 0.05) is 6.07 Å². The molecular formula is C18H22FNO3. The largest absolute Gasteiger partial charge is 0.491 e. The van der Waals surface area contributed by atoms with Crippen LogP contribution < -0.4 is 14.2 Å². The molecule has 2 atom stereocenters. The average Bonchev–Trinajstić information content (AvgIpc) is 2.55. The SMILES string of the molecule is CCC(C)Oc1ccc(OC(C)COc2cccc(F)n2)cc1. The third-order valence-electron chi connectivity index (χ3n) is 3.23. The van der Waals surface area contributed by atoms with E-state index in [9.17, 15) is 4.39 Å². The predicted octanol–water partition coefficient (Wildman–Crippen LogP) is 4.24. The Kier molecular flexibility index (Phi) is 6.20. The minimum absolute atomic E-state index is 0.188. The van der Waals surface area contributed by atoms with Crippen molar-refractivity contribution in [3.8, 4) is 17.4 Å². The van der Waals surface area contributed by atoms with E-state index in [0.717, 1.165) is 17.9 Å². The van der Waals surface area contributed by atoms with Crippen LogP contribution in [0.4, 0.5) is 4.39 Å². The summed E-state index contributed by atoms with van der Waals surface area (Å²) < 4.78 is 29.8. The summed E-state index contributed by atoms with van der Waals surface area (Å²) in [5.74, 6) is 1.23. The first-order chi connectivity index (χ1) is 11.1. The number of benzene rings is 1. The van der Waals surface area contributed by atoms with E-state index in [1.165, 1.54) is 6.07 Å². The second-order valence-corrected chi connectivity index (χ2v) is 5.35. The lowest BCUT2D eigenvalue weighted by Crippen LogP contribution is -2.21. The molecule has 0 saturated carbocycles. The van der Waals surface area contributed by atoms with Gasteiger partial charge < -0.3 is 14.2 Å². The highest BCUT2D eigenvalue weighted by molar-refractivity contribution is 5.31. The van der Waals surface area contributed by atoms with Gasteiger partial charge in [-0.3, -0.25) is 0 Å². The lowest BCUT2D eigenvalue weighted by molar-refractivity contribution is 0.139. The third-order valence-corrected chi connectivity index (χ3v) is 3.23. The highest BCUT2D eigenvalue weighted by Gasteiger charge is 2.07. The van der Waals surface area contributed by atoms with Crippen molar-refractivity contribution >= 4 is 0 Å². The van der Waals surface area contributed by atoms with Gasteiger partial charge in [-0.25, -0.2) is 0 Å². The first-order valence-corrected chi connectivity index (χ1v) is 7.75. The number of nitrogens with zero attached hydrogens (tertiary/aromatic N) is 1. The van der Waals surface area contributed by atoms with E-state index in [2.05, 4.69) is 11.9 Å². The van der Waals surface area contributed by atoms with Gasteiger partial charge in [-0.1, -0.05) is 13.0 Å². The molecule has 0 radical (unpaired) electrons. The van der Waals surface area contributed by atoms with Crippen LogP contribution in [-0.4, -0.2) is 23.8 Å². The van der Waals surface area contributed by atoms with Gasteiger partial charge in [0.15, 0.2) is 0 Å². The van der Waals surface area contributed by atoms with Crippen LogP contribution in [0, 0.1) is 5.95 Å². The molecule has 23 heavy (non-hydrogen) atoms. The summed E-state index contributed by atoms with van der Waals surface area (Å²) >= 11 is 0. The molecule has 0 aliphatic carbocycles. The van der Waals surface area contributed by atoms with Gasteiger partial charge in [0.25, 0.3) is 0 Å². The van der Waals surface area contributed by atoms with Gasteiger partial charge in [0.05, 0.1) is 6.10 Å². The third kappa shape index (κ3) is 5.77. The van der Waals surface area contributed by atoms with Crippen molar-refractivity contribution in [2.75, 3.05) is 6.61 Å². The van der Waals surface area contributed by atoms with Gasteiger partial charge in [-0.15, -0.1) is 0 Å². The van der Waals surface area contributed by atoms with Crippen LogP contribution >= 0.6 is 0 Å². The van der Waals surface area contributed by atoms with Crippen molar-refractivity contribution in [3.05, 3.63) is 48.4 Å². The highest BCUT2D eigenvalue weighted by Crippen LogP contribution is 2.20. The Morgan fingerprint density at radius 1 is 0.957 bits per heavy atom. The molecule has 0 amide bonds. The molecule has 2 unspecified atom stereocenters. The molecule has 5 heteroatoms. The average molecular weight is 319 g/mol. The van der Waals surface area contributed by atoms with Crippen LogP contribution in [0.1, 0.15) is 27.2 Å². The molecule has 4 nitrogen and oxygen atoms in total. The van der Waals surface area contributed by atoms with Crippen molar-refractivity contribution in [2.45, 2.75) is 39.4 Å². The Morgan fingerprint density at radius 2 is 1.57 bits per heavy atom. The van der Waals surface area contributed by atoms with E-state index in [0.29, 0.717) is 0 Å². The summed E-state index contributed by atoms with van der Waals surface area (Å²) in [4.78, 5) is 3.64. The maximum absolute atomic E-state index is 13.0. The van der Waals surface area contributed by atoms with Gasteiger partial charge in [-0.2, -0.15) is 9.37 Å². The zero-order valence-electron chi connectivity index (χ0n) is 13.7. The number of halogens is 1. The summed E-state index contributed by atoms with van der Waals surface area (Å²) in [5.41, 5.74) is 0. The van der Waals surface area contributed by atoms with E-state index < -0.39 is 5.95 Å². The molecule has 1 heterocycles. The van der Waals surface area contributed by atoms with E-state index in [1.54, 1.807) is 12.1 Å². The van der Waals surface area contributed by atoms with Crippen LogP contribution in [0.5, 0.6) is 17.4 Å². The van der Waals surface area contributed by atoms with Crippen molar-refractivity contribution < 1.29 is 18.6 Å². The predicted molar refractivity (Wildman–Crippen MR) is 86.6 cm³/mol. The molecule has 0 fully saturated rings. The summed E-state index contributed by atoms with van der Waals surface area (Å²) in [7, 11) is 0. The van der Waals surface area contributed by atoms with Crippen LogP contribution in [0.3, 0.4) is 0 Å². The molecule has 1 aromatic heterocycles. The lowest BCUT2D eigenvalue weighted by Gasteiger charge is -2.16. The van der Waals surface area contributed by atoms with E-state index in [1.807, 2.05) is 38.1 Å². The Labute approximate surface area is 136 Å². The first-order valence-electron chi connectivity index (χ1n) is 7.75. The topological polar surface area (TPSA) is 40.6 Å². The number of pyridine rings is 1. The Morgan fingerprint density at radius 3 is 2.13 bits per heavy atom. The maximum Gasteiger partial charge on any atom is 0.216 e. The van der Waals surface area contributed by atoms with E-state index >= 15 is 0 Å². The zero-order chi connectivity index (χ0) is 16.7. The molecule has 0 aliphatic rings. The van der Waals surface area contributed by atoms with Crippen molar-refractivity contribution in [1.82, 2.24) is 4.98 Å². The molecule has 2 aromatic rings. The van der Waals surface area contributed by atoms with E-state index in [4.69, 9.17) is 14.2 Å². The van der Waals surface area contributed by atoms with Gasteiger partial charge >= 0.3 is 0 Å². The number of aromatic nitrogens is 1. The number of ether oxygens (including phenoxy) is 3. The summed E-state index contributed by atoms with van der Waals surface area (Å²) in [6, 6.07) is 11.9. The van der Waals surface area contributed by atoms with Crippen LogP contribution in [0.2, 0.25) is 0 Å². The van der Waals surface area contributed by atoms with Crippen molar-refractivity contribution in [1.29, 1.82) is 0 Å². The fraction of sp³-hybridized carbons (Fsp3) is 0.389. The maximum atomic E-state index is 13.0. The van der Waals surface area contributed by atoms with Gasteiger partial charge in [-0.05, 0) is 50.6 Å². The second kappa shape index (κ2) is 8.36. The Hall–Kier alpha value is -2.30. The van der Waals surface area contributed by atoms with Crippen LogP contribution in [-0.2, 0) is 0 Å². The molecule has 0 aliphatic heterocycles. The Bertz CT molecular complexity index is 603. The molecule has 0 N–H and O–H groups in total. The lowest BCUT2D eigenvalue weighted by atomic mass is 10.3. The molecular weight excluding hydrogens is 297 g/mol. The second-order valence-electron chi connectivity index (χ2n) is 5.35. The molecule has 0 bridgehead atoms. The molecule has 1 aromatic carbocycles. The molecule has 0 saturated heterocycles. The first kappa shape index (κ1) is 17.1. The number of hydrogen-bond donors (Lipinski definition) is 0. The summed E-state index contributed by atoms with van der Waals surface area (Å²) in [6.07, 6.45) is 0.954. The van der Waals surface area contributed by atoms with Crippen molar-refractivity contribution in [2.24, 2.45) is 0 Å². The van der Waals surface area contributed by atoms with Gasteiger partial charge in [0.1, 0.15) is 24.2 Å². The summed E-state index contributed by atoms with van der Waals surface area (Å²) in [5, 5.41) is 0. The van der Waals surface area contributed by atoms with Crippen LogP contribution in [0.15, 0.2) is 42.5 Å². The minimum atomic E-state index is -0.562. The van der Waals surface area contributed by atoms with Gasteiger partial charge in [0.2, 0.25) is 11.8 Å². The number of rotatable bonds is 8. The zero-order valence-corrected chi connectivity index (χ0v) is 13.7. The molecule has 0 spiro atoms. The highest BCUT2D eigenvalue weighted by atomic mass is 19.1. The quantitative estimate of drug-likeness (QED) is 0.682. The van der Waals surface area contributed by atoms with E-state index in [-0.39, 0.29) is 24.7 Å². The van der Waals surface area contributed by atoms with Crippen LogP contribution in [0.25, 0.3) is 0 Å². The fourth-order valence-corrected chi connectivity index (χ4v) is 1.85. The number of hydrogen-bond acceptors (Lipinski definition) is 4. The smallest absolute Gasteiger partial charge is 0.216 e. The molecule has 2 rings (SSSR count). The standard InChI is InChI=1S/C18H22FNO3/c1-4-13(2)22-15-8-10-16(11-9-15)23-14(3)12-21-18-7-5-6-17(19)20-18/h5-11,13-14H,4,12H2,1-3H3. The molecule has 124 valence electrons. The normalized spacial score (nSPS) is 13.2. The monoisotopic (exact) mass is 319 g/mol. The fourth-order valence-electron chi connectivity index (χ4n) is 1.85. The minimum Gasteiger partial charge on any atom is -0.491 e. The Balaban J connectivity index is 1.81. The summed E-state index contributed by atoms with van der Waals surface area (Å²) in [6.45, 7) is 6.27.